The van der Waals surface area contributed by atoms with E-state index in [2.05, 4.69) is 19.2 Å². The van der Waals surface area contributed by atoms with Crippen molar-refractivity contribution in [1.29, 1.82) is 0 Å². The van der Waals surface area contributed by atoms with Gasteiger partial charge in [-0.15, -0.1) is 0 Å². The number of nitrogens with one attached hydrogen (secondary N) is 1. The van der Waals surface area contributed by atoms with Gasteiger partial charge in [-0.1, -0.05) is 26.7 Å². The second-order valence-corrected chi connectivity index (χ2v) is 3.87. The van der Waals surface area contributed by atoms with Crippen molar-refractivity contribution in [2.75, 3.05) is 20.3 Å². The van der Waals surface area contributed by atoms with Gasteiger partial charge < -0.3 is 15.8 Å². The van der Waals surface area contributed by atoms with Gasteiger partial charge in [-0.2, -0.15) is 0 Å². The first-order chi connectivity index (χ1) is 7.13. The Hall–Kier alpha value is -0.610. The zero-order valence-electron chi connectivity index (χ0n) is 10.1. The van der Waals surface area contributed by atoms with E-state index in [1.54, 1.807) is 7.11 Å². The first kappa shape index (κ1) is 14.4. The number of amides is 1. The molecule has 0 atom stereocenters. The van der Waals surface area contributed by atoms with E-state index in [0.717, 1.165) is 25.7 Å². The van der Waals surface area contributed by atoms with Crippen LogP contribution in [0.15, 0.2) is 0 Å². The maximum Gasteiger partial charge on any atom is 0.237 e. The van der Waals surface area contributed by atoms with E-state index in [9.17, 15) is 4.79 Å². The first-order valence-corrected chi connectivity index (χ1v) is 5.66. The van der Waals surface area contributed by atoms with Gasteiger partial charge in [-0.3, -0.25) is 4.79 Å². The number of carbonyl (C=O) groups is 1. The Morgan fingerprint density at radius 1 is 1.33 bits per heavy atom. The largest absolute Gasteiger partial charge is 0.383 e. The van der Waals surface area contributed by atoms with Gasteiger partial charge in [0.05, 0.1) is 12.1 Å². The summed E-state index contributed by atoms with van der Waals surface area (Å²) in [6.07, 6.45) is 3.48. The molecule has 0 unspecified atom stereocenters. The van der Waals surface area contributed by atoms with E-state index in [1.807, 2.05) is 0 Å². The molecule has 0 aliphatic heterocycles. The second kappa shape index (κ2) is 7.65. The Morgan fingerprint density at radius 2 is 1.87 bits per heavy atom. The van der Waals surface area contributed by atoms with Crippen LogP contribution in [-0.4, -0.2) is 31.7 Å². The van der Waals surface area contributed by atoms with Crippen molar-refractivity contribution >= 4 is 5.91 Å². The normalized spacial score (nSPS) is 11.7. The van der Waals surface area contributed by atoms with E-state index < -0.39 is 5.54 Å². The molecule has 15 heavy (non-hydrogen) atoms. The molecule has 0 aromatic carbocycles. The van der Waals surface area contributed by atoms with Crippen LogP contribution in [0.25, 0.3) is 0 Å². The molecule has 0 aromatic heterocycles. The molecule has 0 rings (SSSR count). The van der Waals surface area contributed by atoms with Gasteiger partial charge in [0, 0.05) is 13.7 Å². The van der Waals surface area contributed by atoms with Crippen molar-refractivity contribution < 1.29 is 9.53 Å². The topological polar surface area (TPSA) is 64.3 Å². The van der Waals surface area contributed by atoms with E-state index in [4.69, 9.17) is 10.5 Å². The van der Waals surface area contributed by atoms with Gasteiger partial charge in [0.2, 0.25) is 5.91 Å². The molecule has 0 bridgehead atoms. The van der Waals surface area contributed by atoms with Crippen LogP contribution in [0.3, 0.4) is 0 Å². The Morgan fingerprint density at radius 3 is 2.20 bits per heavy atom. The molecule has 4 heteroatoms. The number of hydrogen-bond acceptors (Lipinski definition) is 3. The highest BCUT2D eigenvalue weighted by Gasteiger charge is 2.33. The predicted molar refractivity (Wildman–Crippen MR) is 61.6 cm³/mol. The number of nitrogens with two attached hydrogens (primary N) is 1. The molecular weight excluding hydrogens is 192 g/mol. The lowest BCUT2D eigenvalue weighted by Gasteiger charge is -2.31. The maximum atomic E-state index is 11.5. The highest BCUT2D eigenvalue weighted by Crippen LogP contribution is 2.19. The predicted octanol–water partition coefficient (Wildman–Crippen LogP) is 1.05. The average Bonchev–Trinajstić information content (AvgIpc) is 2.18. The van der Waals surface area contributed by atoms with Crippen molar-refractivity contribution in [1.82, 2.24) is 5.32 Å². The third kappa shape index (κ3) is 4.62. The summed E-state index contributed by atoms with van der Waals surface area (Å²) in [5.74, 6) is -0.248. The Balaban J connectivity index is 4.40. The fourth-order valence-electron chi connectivity index (χ4n) is 1.88. The monoisotopic (exact) mass is 216 g/mol. The molecule has 0 radical (unpaired) electrons. The van der Waals surface area contributed by atoms with E-state index >= 15 is 0 Å². The van der Waals surface area contributed by atoms with Crippen LogP contribution in [-0.2, 0) is 9.53 Å². The highest BCUT2D eigenvalue weighted by molar-refractivity contribution is 5.84. The molecule has 0 aliphatic carbocycles. The van der Waals surface area contributed by atoms with Gasteiger partial charge in [0.15, 0.2) is 0 Å². The lowest BCUT2D eigenvalue weighted by molar-refractivity contribution is -0.125. The summed E-state index contributed by atoms with van der Waals surface area (Å²) in [5.41, 5.74) is 4.94. The fraction of sp³-hybridized carbons (Fsp3) is 0.909. The molecule has 0 aliphatic rings. The molecule has 90 valence electrons. The number of carbonyl (C=O) groups excluding carboxylic acids is 1. The smallest absolute Gasteiger partial charge is 0.237 e. The molecule has 3 N–H and O–H groups in total. The maximum absolute atomic E-state index is 11.5. The van der Waals surface area contributed by atoms with E-state index in [1.165, 1.54) is 0 Å². The summed E-state index contributed by atoms with van der Waals surface area (Å²) >= 11 is 0. The average molecular weight is 216 g/mol. The summed E-state index contributed by atoms with van der Waals surface area (Å²) in [5, 5.41) is 3.24. The summed E-state index contributed by atoms with van der Waals surface area (Å²) in [6.45, 7) is 5.39. The quantitative estimate of drug-likeness (QED) is 0.566. The molecule has 0 spiro atoms. The molecule has 1 amide bonds. The summed E-state index contributed by atoms with van der Waals surface area (Å²) < 4.78 is 4.96. The lowest BCUT2D eigenvalue weighted by Crippen LogP contribution is -2.56. The van der Waals surface area contributed by atoms with Crippen molar-refractivity contribution in [3.8, 4) is 0 Å². The van der Waals surface area contributed by atoms with Gasteiger partial charge in [0.25, 0.3) is 0 Å². The Labute approximate surface area is 92.6 Å². The minimum absolute atomic E-state index is 0.248. The standard InChI is InChI=1S/C11H24N2O2/c1-4-6-11(7-5-2,10(12)14)13-8-9-15-3/h13H,4-9H2,1-3H3,(H2,12,14). The fourth-order valence-corrected chi connectivity index (χ4v) is 1.88. The number of rotatable bonds is 9. The van der Waals surface area contributed by atoms with Crippen molar-refractivity contribution in [3.05, 3.63) is 0 Å². The van der Waals surface area contributed by atoms with Crippen LogP contribution in [0.2, 0.25) is 0 Å². The SMILES string of the molecule is CCCC(CCC)(NCCOC)C(N)=O. The summed E-state index contributed by atoms with van der Waals surface area (Å²) in [6, 6.07) is 0. The molecule has 0 saturated heterocycles. The second-order valence-electron chi connectivity index (χ2n) is 3.87. The van der Waals surface area contributed by atoms with Crippen molar-refractivity contribution in [2.24, 2.45) is 5.73 Å². The van der Waals surface area contributed by atoms with Crippen LogP contribution in [0, 0.1) is 0 Å². The van der Waals surface area contributed by atoms with Crippen LogP contribution in [0.1, 0.15) is 39.5 Å². The van der Waals surface area contributed by atoms with Crippen molar-refractivity contribution in [2.45, 2.75) is 45.1 Å². The number of primary amides is 1. The minimum atomic E-state index is -0.540. The van der Waals surface area contributed by atoms with Gasteiger partial charge in [-0.05, 0) is 12.8 Å². The molecule has 4 nitrogen and oxygen atoms in total. The van der Waals surface area contributed by atoms with Gasteiger partial charge >= 0.3 is 0 Å². The first-order valence-electron chi connectivity index (χ1n) is 5.66. The van der Waals surface area contributed by atoms with Gasteiger partial charge in [-0.25, -0.2) is 0 Å². The van der Waals surface area contributed by atoms with Gasteiger partial charge in [0.1, 0.15) is 0 Å². The number of methoxy groups -OCH3 is 1. The van der Waals surface area contributed by atoms with Crippen LogP contribution in [0.5, 0.6) is 0 Å². The van der Waals surface area contributed by atoms with E-state index in [0.29, 0.717) is 13.2 Å². The third-order valence-corrected chi connectivity index (χ3v) is 2.59. The minimum Gasteiger partial charge on any atom is -0.383 e. The highest BCUT2D eigenvalue weighted by atomic mass is 16.5. The third-order valence-electron chi connectivity index (χ3n) is 2.59. The Kier molecular flexibility index (Phi) is 7.34. The molecule has 0 aromatic rings. The number of hydrogen-bond donors (Lipinski definition) is 2. The van der Waals surface area contributed by atoms with Crippen molar-refractivity contribution in [3.63, 3.8) is 0 Å². The molecule has 0 heterocycles. The zero-order chi connectivity index (χ0) is 11.7. The summed E-state index contributed by atoms with van der Waals surface area (Å²) in [7, 11) is 1.65. The van der Waals surface area contributed by atoms with E-state index in [-0.39, 0.29) is 5.91 Å². The molecule has 0 fully saturated rings. The Bertz CT molecular complexity index is 177. The zero-order valence-corrected chi connectivity index (χ0v) is 10.1. The van der Waals surface area contributed by atoms with Crippen LogP contribution < -0.4 is 11.1 Å². The lowest BCUT2D eigenvalue weighted by atomic mass is 9.88. The van der Waals surface area contributed by atoms with Crippen LogP contribution in [0.4, 0.5) is 0 Å². The summed E-state index contributed by atoms with van der Waals surface area (Å²) in [4.78, 5) is 11.5. The molecular formula is C11H24N2O2. The molecule has 0 saturated carbocycles. The van der Waals surface area contributed by atoms with Crippen LogP contribution >= 0.6 is 0 Å². The number of ether oxygens (including phenoxy) is 1.